The van der Waals surface area contributed by atoms with Gasteiger partial charge in [-0.3, -0.25) is 33.8 Å². The number of likely N-dealkylation sites (tertiary alicyclic amines) is 1. The number of aryl methyl sites for hydroxylation is 1. The second kappa shape index (κ2) is 21.1. The van der Waals surface area contributed by atoms with E-state index >= 15 is 0 Å². The van der Waals surface area contributed by atoms with E-state index in [-0.39, 0.29) is 49.6 Å². The number of nitrogens with zero attached hydrogens (tertiary/aromatic N) is 5. The molecule has 15 heteroatoms. The zero-order valence-electron chi connectivity index (χ0n) is 41.7. The lowest BCUT2D eigenvalue weighted by molar-refractivity contribution is -0.155. The number of hydrogen-bond donors (Lipinski definition) is 2. The van der Waals surface area contributed by atoms with Crippen LogP contribution in [0.25, 0.3) is 33.3 Å². The molecule has 0 spiro atoms. The quantitative estimate of drug-likeness (QED) is 0.101. The Morgan fingerprint density at radius 1 is 1.00 bits per heavy atom. The van der Waals surface area contributed by atoms with Crippen molar-refractivity contribution in [3.8, 4) is 28.1 Å². The predicted octanol–water partition coefficient (Wildman–Crippen LogP) is 6.15. The van der Waals surface area contributed by atoms with Gasteiger partial charge in [-0.05, 0) is 111 Å². The van der Waals surface area contributed by atoms with Gasteiger partial charge in [0.05, 0.1) is 18.2 Å². The maximum Gasteiger partial charge on any atom is 0.324 e. The van der Waals surface area contributed by atoms with Crippen molar-refractivity contribution in [3.05, 3.63) is 90.0 Å². The van der Waals surface area contributed by atoms with Gasteiger partial charge in [-0.1, -0.05) is 70.7 Å². The number of fused-ring (bicyclic) bond motifs is 6. The fourth-order valence-electron chi connectivity index (χ4n) is 10.4. The molecule has 6 bridgehead atoms. The Kier molecular flexibility index (Phi) is 15.5. The third-order valence-electron chi connectivity index (χ3n) is 13.5. The minimum absolute atomic E-state index is 0.0234. The van der Waals surface area contributed by atoms with E-state index < -0.39 is 53.2 Å². The van der Waals surface area contributed by atoms with Gasteiger partial charge in [-0.15, -0.1) is 0 Å². The lowest BCUT2D eigenvalue weighted by Gasteiger charge is -2.37. The molecule has 4 amide bonds. The summed E-state index contributed by atoms with van der Waals surface area (Å²) in [7, 11) is 5.70. The van der Waals surface area contributed by atoms with Gasteiger partial charge in [-0.2, -0.15) is 0 Å². The van der Waals surface area contributed by atoms with Crippen LogP contribution < -0.4 is 15.5 Å². The van der Waals surface area contributed by atoms with Crippen molar-refractivity contribution in [2.45, 2.75) is 105 Å². The molecule has 4 atom stereocenters. The molecule has 2 N–H and O–H groups in total. The molecule has 368 valence electrons. The van der Waals surface area contributed by atoms with Crippen molar-refractivity contribution in [1.82, 2.24) is 35.0 Å². The van der Waals surface area contributed by atoms with Gasteiger partial charge < -0.3 is 34.1 Å². The first kappa shape index (κ1) is 50.6. The van der Waals surface area contributed by atoms with Gasteiger partial charge in [-0.25, -0.2) is 5.43 Å². The molecule has 15 nitrogen and oxygen atoms in total. The lowest BCUT2D eigenvalue weighted by Crippen LogP contribution is -2.62. The van der Waals surface area contributed by atoms with Gasteiger partial charge in [0.1, 0.15) is 23.9 Å². The molecular formula is C54H69N7O8. The smallest absolute Gasteiger partial charge is 0.324 e. The molecule has 3 aliphatic heterocycles. The third-order valence-corrected chi connectivity index (χ3v) is 13.5. The number of hydrogen-bond acceptors (Lipinski definition) is 10. The molecule has 0 saturated carbocycles. The number of benzene rings is 3. The second-order valence-electron chi connectivity index (χ2n) is 20.3. The molecule has 2 saturated heterocycles. The number of nitrogens with one attached hydrogen (secondary N) is 2. The Balaban J connectivity index is 1.35. The predicted molar refractivity (Wildman–Crippen MR) is 265 cm³/mol. The van der Waals surface area contributed by atoms with Crippen molar-refractivity contribution in [3.63, 3.8) is 0 Å². The Morgan fingerprint density at radius 2 is 1.75 bits per heavy atom. The Morgan fingerprint density at radius 3 is 2.45 bits per heavy atom. The van der Waals surface area contributed by atoms with E-state index in [2.05, 4.69) is 104 Å². The minimum Gasteiger partial charge on any atom is -0.464 e. The molecule has 1 aromatic heterocycles. The highest BCUT2D eigenvalue weighted by Gasteiger charge is 2.40. The van der Waals surface area contributed by atoms with E-state index in [1.165, 1.54) is 28.5 Å². The lowest BCUT2D eigenvalue weighted by atomic mass is 9.84. The molecule has 69 heavy (non-hydrogen) atoms. The molecule has 3 aliphatic rings. The van der Waals surface area contributed by atoms with E-state index in [1.807, 2.05) is 26.0 Å². The van der Waals surface area contributed by atoms with Crippen LogP contribution in [-0.4, -0.2) is 125 Å². The van der Waals surface area contributed by atoms with Crippen LogP contribution in [0.1, 0.15) is 77.5 Å². The number of ether oxygens (including phenoxy) is 2. The van der Waals surface area contributed by atoms with Gasteiger partial charge >= 0.3 is 11.9 Å². The Bertz CT molecular complexity index is 2630. The van der Waals surface area contributed by atoms with Crippen molar-refractivity contribution >= 4 is 46.5 Å². The van der Waals surface area contributed by atoms with E-state index in [0.29, 0.717) is 44.3 Å². The standard InChI is InChI=1S/C54H69N7O8/c1-11-47(63)59-23-21-38(31-59)51(65)58(10)48(33(3)4)50(64)55-45-26-35-24-39(27-40(25-35)69-34(5)62)36-19-20-46-42(28-36)43(49(60(46)12-2)41-17-14-13-16-37(41)30-57(8)9)29-54(6,7)32-68-53(67)44-18-15-22-61(56-44)52(45)66/h11,13-14,16-17,19-20,24-25,27-28,33,38,44-45,48,56H,1,12,15,18,21-23,26,29-32H2,2-10H3,(H,55,64)/t38-,44-,45-,48-/m0/s1. The summed E-state index contributed by atoms with van der Waals surface area (Å²) >= 11 is 0. The summed E-state index contributed by atoms with van der Waals surface area (Å²) in [5.74, 6) is -3.14. The fourth-order valence-corrected chi connectivity index (χ4v) is 10.4. The number of carbonyl (C=O) groups is 6. The van der Waals surface area contributed by atoms with Gasteiger partial charge in [0.25, 0.3) is 5.91 Å². The van der Waals surface area contributed by atoms with Crippen molar-refractivity contribution < 1.29 is 38.2 Å². The monoisotopic (exact) mass is 944 g/mol. The summed E-state index contributed by atoms with van der Waals surface area (Å²) in [5.41, 5.74) is 10.4. The van der Waals surface area contributed by atoms with E-state index in [1.54, 1.807) is 18.0 Å². The van der Waals surface area contributed by atoms with Gasteiger partial charge in [0, 0.05) is 75.0 Å². The SMILES string of the molecule is C=CC(=O)N1CC[C@H](C(=O)N(C)[C@H](C(=O)N[C@H]2Cc3cc(OC(C)=O)cc(c3)-c3ccc4c(c3)c(c(-c3ccccc3CN(C)C)n4CC)CC(C)(C)COC(=O)[C@@H]3CCCN(N3)C2=O)C(C)C)C1. The summed E-state index contributed by atoms with van der Waals surface area (Å²) in [6.45, 7) is 17.4. The summed E-state index contributed by atoms with van der Waals surface area (Å²) < 4.78 is 14.3. The van der Waals surface area contributed by atoms with Gasteiger partial charge in [0.2, 0.25) is 17.7 Å². The highest BCUT2D eigenvalue weighted by atomic mass is 16.5. The number of likely N-dealkylation sites (N-methyl/N-ethyl adjacent to an activating group) is 1. The highest BCUT2D eigenvalue weighted by molar-refractivity contribution is 5.96. The topological polar surface area (TPSA) is 163 Å². The molecule has 7 rings (SSSR count). The van der Waals surface area contributed by atoms with E-state index in [0.717, 1.165) is 45.4 Å². The Labute approximate surface area is 406 Å². The zero-order chi connectivity index (χ0) is 49.9. The summed E-state index contributed by atoms with van der Waals surface area (Å²) in [4.78, 5) is 87.6. The van der Waals surface area contributed by atoms with Crippen LogP contribution >= 0.6 is 0 Å². The third kappa shape index (κ3) is 11.3. The van der Waals surface area contributed by atoms with Crippen LogP contribution in [0, 0.1) is 17.3 Å². The first-order chi connectivity index (χ1) is 32.8. The molecule has 3 aromatic carbocycles. The fraction of sp³-hybridized carbons (Fsp3) is 0.481. The number of aromatic nitrogens is 1. The summed E-state index contributed by atoms with van der Waals surface area (Å²) in [6.07, 6.45) is 3.17. The molecule has 4 heterocycles. The maximum absolute atomic E-state index is 14.9. The van der Waals surface area contributed by atoms with Crippen molar-refractivity contribution in [1.29, 1.82) is 0 Å². The van der Waals surface area contributed by atoms with Crippen LogP contribution in [0.5, 0.6) is 5.75 Å². The van der Waals surface area contributed by atoms with Crippen molar-refractivity contribution in [2.75, 3.05) is 47.4 Å². The van der Waals surface area contributed by atoms with Crippen molar-refractivity contribution in [2.24, 2.45) is 17.3 Å². The molecule has 0 unspecified atom stereocenters. The molecule has 4 aromatic rings. The number of carbonyl (C=O) groups excluding carboxylic acids is 6. The average Bonchev–Trinajstić information content (AvgIpc) is 3.92. The first-order valence-electron chi connectivity index (χ1n) is 24.2. The maximum atomic E-state index is 14.9. The average molecular weight is 944 g/mol. The highest BCUT2D eigenvalue weighted by Crippen LogP contribution is 2.42. The molecule has 0 radical (unpaired) electrons. The molecule has 2 fully saturated rings. The number of cyclic esters (lactones) is 1. The first-order valence-corrected chi connectivity index (χ1v) is 24.2. The molecular weight excluding hydrogens is 875 g/mol. The van der Waals surface area contributed by atoms with Crippen LogP contribution in [0.2, 0.25) is 0 Å². The zero-order valence-corrected chi connectivity index (χ0v) is 41.7. The summed E-state index contributed by atoms with van der Waals surface area (Å²) in [5, 5.41) is 5.44. The largest absolute Gasteiger partial charge is 0.464 e. The number of hydrazine groups is 1. The Hall–Kier alpha value is -6.32. The van der Waals surface area contributed by atoms with Crippen LogP contribution in [0.3, 0.4) is 0 Å². The summed E-state index contributed by atoms with van der Waals surface area (Å²) in [6, 6.07) is 17.3. The number of amides is 4. The van der Waals surface area contributed by atoms with Crippen LogP contribution in [0.15, 0.2) is 73.3 Å². The normalized spacial score (nSPS) is 20.1. The molecule has 0 aliphatic carbocycles. The van der Waals surface area contributed by atoms with E-state index in [9.17, 15) is 28.8 Å². The second-order valence-corrected chi connectivity index (χ2v) is 20.3. The number of rotatable bonds is 11. The van der Waals surface area contributed by atoms with Gasteiger partial charge in [0.15, 0.2) is 0 Å². The number of esters is 2. The minimum atomic E-state index is -1.19. The van der Waals surface area contributed by atoms with Crippen LogP contribution in [-0.2, 0) is 59.4 Å². The van der Waals surface area contributed by atoms with E-state index in [4.69, 9.17) is 9.47 Å². The van der Waals surface area contributed by atoms with Crippen LogP contribution in [0.4, 0.5) is 0 Å².